The van der Waals surface area contributed by atoms with Crippen LogP contribution in [-0.4, -0.2) is 35.3 Å². The summed E-state index contributed by atoms with van der Waals surface area (Å²) < 4.78 is 7.22. The fourth-order valence-electron chi connectivity index (χ4n) is 2.07. The number of rotatable bonds is 6. The molecule has 1 aromatic carbocycles. The van der Waals surface area contributed by atoms with E-state index in [1.807, 2.05) is 34.9 Å². The highest BCUT2D eigenvalue weighted by Gasteiger charge is 2.11. The van der Waals surface area contributed by atoms with Gasteiger partial charge in [-0.05, 0) is 12.1 Å². The Morgan fingerprint density at radius 2 is 2.11 bits per heavy atom. The average Bonchev–Trinajstić information content (AvgIpc) is 2.74. The second kappa shape index (κ2) is 5.80. The lowest BCUT2D eigenvalue weighted by Gasteiger charge is -2.09. The van der Waals surface area contributed by atoms with Crippen LogP contribution in [0.3, 0.4) is 0 Å². The first kappa shape index (κ1) is 12.8. The first-order valence-corrected chi connectivity index (χ1v) is 6.02. The third-order valence-electron chi connectivity index (χ3n) is 2.87. The number of aliphatic hydroxyl groups is 1. The molecule has 0 fully saturated rings. The molecule has 0 saturated heterocycles. The van der Waals surface area contributed by atoms with Crippen LogP contribution in [0, 0.1) is 0 Å². The number of hydrogen-bond donors (Lipinski definition) is 1. The van der Waals surface area contributed by atoms with E-state index < -0.39 is 0 Å². The van der Waals surface area contributed by atoms with E-state index in [1.165, 1.54) is 0 Å². The van der Waals surface area contributed by atoms with Crippen LogP contribution in [0.15, 0.2) is 30.3 Å². The number of fused-ring (bicyclic) bond motifs is 1. The fraction of sp³-hybridized carbons (Fsp3) is 0.357. The van der Waals surface area contributed by atoms with E-state index in [9.17, 15) is 4.79 Å². The Morgan fingerprint density at radius 1 is 1.33 bits per heavy atom. The lowest BCUT2D eigenvalue weighted by Crippen LogP contribution is -2.12. The van der Waals surface area contributed by atoms with Gasteiger partial charge in [0.1, 0.15) is 0 Å². The molecule has 0 aliphatic heterocycles. The third-order valence-corrected chi connectivity index (χ3v) is 2.87. The number of hydrogen-bond acceptors (Lipinski definition) is 3. The van der Waals surface area contributed by atoms with Gasteiger partial charge >= 0.3 is 0 Å². The average molecular weight is 247 g/mol. The molecular formula is C14H17NO3. The van der Waals surface area contributed by atoms with Crippen LogP contribution < -0.4 is 0 Å². The third kappa shape index (κ3) is 2.60. The summed E-state index contributed by atoms with van der Waals surface area (Å²) in [5, 5.41) is 9.71. The topological polar surface area (TPSA) is 51.5 Å². The first-order chi connectivity index (χ1) is 8.74. The number of para-hydroxylation sites is 1. The van der Waals surface area contributed by atoms with Crippen molar-refractivity contribution in [2.45, 2.75) is 13.5 Å². The van der Waals surface area contributed by atoms with Crippen LogP contribution in [-0.2, 0) is 11.3 Å². The number of aromatic nitrogens is 1. The van der Waals surface area contributed by atoms with Gasteiger partial charge < -0.3 is 14.4 Å². The van der Waals surface area contributed by atoms with Crippen LogP contribution >= 0.6 is 0 Å². The van der Waals surface area contributed by atoms with E-state index in [-0.39, 0.29) is 12.4 Å². The molecule has 1 aromatic heterocycles. The summed E-state index contributed by atoms with van der Waals surface area (Å²) in [4.78, 5) is 11.6. The molecule has 0 spiro atoms. The van der Waals surface area contributed by atoms with Crippen molar-refractivity contribution < 1.29 is 14.6 Å². The summed E-state index contributed by atoms with van der Waals surface area (Å²) >= 11 is 0. The highest BCUT2D eigenvalue weighted by molar-refractivity contribution is 5.98. The SMILES string of the molecule is CC(=O)c1cc2ccccc2n1CCOCCO. The molecule has 2 aromatic rings. The Labute approximate surface area is 106 Å². The van der Waals surface area contributed by atoms with E-state index >= 15 is 0 Å². The minimum absolute atomic E-state index is 0.0198. The van der Waals surface area contributed by atoms with Crippen molar-refractivity contribution in [2.75, 3.05) is 19.8 Å². The van der Waals surface area contributed by atoms with E-state index in [0.29, 0.717) is 25.5 Å². The maximum Gasteiger partial charge on any atom is 0.176 e. The smallest absolute Gasteiger partial charge is 0.176 e. The van der Waals surface area contributed by atoms with E-state index in [1.54, 1.807) is 6.92 Å². The van der Waals surface area contributed by atoms with E-state index in [4.69, 9.17) is 9.84 Å². The Kier molecular flexibility index (Phi) is 4.12. The number of carbonyl (C=O) groups is 1. The number of benzene rings is 1. The van der Waals surface area contributed by atoms with Crippen molar-refractivity contribution in [2.24, 2.45) is 0 Å². The second-order valence-electron chi connectivity index (χ2n) is 4.13. The molecular weight excluding hydrogens is 230 g/mol. The molecule has 2 rings (SSSR count). The second-order valence-corrected chi connectivity index (χ2v) is 4.13. The molecule has 0 atom stereocenters. The summed E-state index contributed by atoms with van der Waals surface area (Å²) in [6, 6.07) is 9.81. The number of aliphatic hydroxyl groups excluding tert-OH is 1. The Morgan fingerprint density at radius 3 is 2.83 bits per heavy atom. The molecule has 0 unspecified atom stereocenters. The first-order valence-electron chi connectivity index (χ1n) is 6.02. The molecule has 0 aliphatic carbocycles. The van der Waals surface area contributed by atoms with Crippen molar-refractivity contribution in [1.29, 1.82) is 0 Å². The predicted molar refractivity (Wildman–Crippen MR) is 69.8 cm³/mol. The van der Waals surface area contributed by atoms with Gasteiger partial charge in [0.05, 0.1) is 25.5 Å². The molecule has 0 amide bonds. The summed E-state index contributed by atoms with van der Waals surface area (Å²) in [5.41, 5.74) is 1.74. The monoisotopic (exact) mass is 247 g/mol. The predicted octanol–water partition coefficient (Wildman–Crippen LogP) is 1.85. The molecule has 96 valence electrons. The van der Waals surface area contributed by atoms with Crippen molar-refractivity contribution >= 4 is 16.7 Å². The quantitative estimate of drug-likeness (QED) is 0.626. The van der Waals surface area contributed by atoms with Crippen LogP contribution in [0.1, 0.15) is 17.4 Å². The number of ether oxygens (including phenoxy) is 1. The molecule has 18 heavy (non-hydrogen) atoms. The highest BCUT2D eigenvalue weighted by Crippen LogP contribution is 2.20. The Balaban J connectivity index is 2.27. The lowest BCUT2D eigenvalue weighted by molar-refractivity contribution is 0.0862. The zero-order valence-electron chi connectivity index (χ0n) is 10.4. The zero-order chi connectivity index (χ0) is 13.0. The van der Waals surface area contributed by atoms with Gasteiger partial charge in [-0.1, -0.05) is 18.2 Å². The minimum atomic E-state index is 0.0198. The normalized spacial score (nSPS) is 11.0. The van der Waals surface area contributed by atoms with Crippen molar-refractivity contribution in [3.63, 3.8) is 0 Å². The molecule has 0 saturated carbocycles. The molecule has 0 aliphatic rings. The van der Waals surface area contributed by atoms with Crippen molar-refractivity contribution in [1.82, 2.24) is 4.57 Å². The van der Waals surface area contributed by atoms with Gasteiger partial charge in [-0.15, -0.1) is 0 Å². The van der Waals surface area contributed by atoms with Gasteiger partial charge in [-0.2, -0.15) is 0 Å². The van der Waals surface area contributed by atoms with Gasteiger partial charge in [0.15, 0.2) is 5.78 Å². The number of nitrogens with zero attached hydrogens (tertiary/aromatic N) is 1. The summed E-state index contributed by atoms with van der Waals surface area (Å²) in [6.45, 7) is 3.02. The summed E-state index contributed by atoms with van der Waals surface area (Å²) in [7, 11) is 0. The molecule has 0 bridgehead atoms. The van der Waals surface area contributed by atoms with Crippen molar-refractivity contribution in [3.05, 3.63) is 36.0 Å². The Hall–Kier alpha value is -1.65. The van der Waals surface area contributed by atoms with Crippen LogP contribution in [0.25, 0.3) is 10.9 Å². The minimum Gasteiger partial charge on any atom is -0.394 e. The van der Waals surface area contributed by atoms with Gasteiger partial charge in [0, 0.05) is 24.4 Å². The largest absolute Gasteiger partial charge is 0.394 e. The maximum atomic E-state index is 11.6. The molecule has 4 nitrogen and oxygen atoms in total. The summed E-state index contributed by atoms with van der Waals surface area (Å²) in [6.07, 6.45) is 0. The molecule has 1 N–H and O–H groups in total. The van der Waals surface area contributed by atoms with Crippen LogP contribution in [0.2, 0.25) is 0 Å². The van der Waals surface area contributed by atoms with E-state index in [2.05, 4.69) is 0 Å². The maximum absolute atomic E-state index is 11.6. The Bertz CT molecular complexity index is 545. The van der Waals surface area contributed by atoms with Crippen molar-refractivity contribution in [3.8, 4) is 0 Å². The van der Waals surface area contributed by atoms with Crippen LogP contribution in [0.5, 0.6) is 0 Å². The van der Waals surface area contributed by atoms with Gasteiger partial charge in [-0.3, -0.25) is 4.79 Å². The standard InChI is InChI=1S/C14H17NO3/c1-11(17)14-10-12-4-2-3-5-13(12)15(14)6-8-18-9-7-16/h2-5,10,16H,6-9H2,1H3. The highest BCUT2D eigenvalue weighted by atomic mass is 16.5. The van der Waals surface area contributed by atoms with Gasteiger partial charge in [0.2, 0.25) is 0 Å². The number of Topliss-reactive ketones (excluding diaryl/α,β-unsaturated/α-hetero) is 1. The molecule has 0 radical (unpaired) electrons. The number of carbonyl (C=O) groups excluding carboxylic acids is 1. The summed E-state index contributed by atoms with van der Waals surface area (Å²) in [5.74, 6) is 0.0494. The lowest BCUT2D eigenvalue weighted by atomic mass is 10.2. The van der Waals surface area contributed by atoms with E-state index in [0.717, 1.165) is 10.9 Å². The zero-order valence-corrected chi connectivity index (χ0v) is 10.4. The van der Waals surface area contributed by atoms with Gasteiger partial charge in [-0.25, -0.2) is 0 Å². The molecule has 1 heterocycles. The fourth-order valence-corrected chi connectivity index (χ4v) is 2.07. The van der Waals surface area contributed by atoms with Crippen LogP contribution in [0.4, 0.5) is 0 Å². The molecule has 4 heteroatoms. The number of ketones is 1. The van der Waals surface area contributed by atoms with Gasteiger partial charge in [0.25, 0.3) is 0 Å².